The van der Waals surface area contributed by atoms with Crippen LogP contribution in [-0.2, 0) is 10.2 Å². The number of hydrogen-bond acceptors (Lipinski definition) is 6. The fourth-order valence-corrected chi connectivity index (χ4v) is 7.02. The number of ketones is 2. The van der Waals surface area contributed by atoms with Crippen LogP contribution in [0.4, 0.5) is 5.69 Å². The van der Waals surface area contributed by atoms with Gasteiger partial charge in [-0.25, -0.2) is 0 Å². The normalized spacial score (nSPS) is 23.0. The average molecular weight is 552 g/mol. The Morgan fingerprint density at radius 1 is 0.881 bits per heavy atom. The van der Waals surface area contributed by atoms with Crippen LogP contribution in [-0.4, -0.2) is 35.0 Å². The predicted octanol–water partition coefficient (Wildman–Crippen LogP) is 5.57. The molecule has 4 aromatic carbocycles. The number of benzene rings is 4. The molecule has 0 unspecified atom stereocenters. The summed E-state index contributed by atoms with van der Waals surface area (Å²) in [5.41, 5.74) is 2.36. The molecule has 0 aliphatic carbocycles. The zero-order valence-corrected chi connectivity index (χ0v) is 22.4. The number of fused-ring (bicyclic) bond motifs is 6. The van der Waals surface area contributed by atoms with Crippen molar-refractivity contribution >= 4 is 29.2 Å². The number of nitrogens with zero attached hydrogens (tertiary/aromatic N) is 2. The molecular formula is C35H25N3O4. The highest BCUT2D eigenvalue weighted by molar-refractivity contribution is 6.17. The van der Waals surface area contributed by atoms with E-state index in [1.807, 2.05) is 77.8 Å². The molecule has 0 bridgehead atoms. The van der Waals surface area contributed by atoms with E-state index in [0.717, 1.165) is 11.1 Å². The summed E-state index contributed by atoms with van der Waals surface area (Å²) in [5.74, 6) is -1.80. The second kappa shape index (κ2) is 9.86. The van der Waals surface area contributed by atoms with Gasteiger partial charge in [0, 0.05) is 17.5 Å². The van der Waals surface area contributed by atoms with Crippen LogP contribution in [0.5, 0.6) is 5.75 Å². The Labute approximate surface area is 242 Å². The van der Waals surface area contributed by atoms with Gasteiger partial charge in [-0.1, -0.05) is 84.9 Å². The van der Waals surface area contributed by atoms with Crippen molar-refractivity contribution in [1.82, 2.24) is 4.90 Å². The summed E-state index contributed by atoms with van der Waals surface area (Å²) in [7, 11) is 0. The number of para-hydroxylation sites is 2. The maximum absolute atomic E-state index is 14.8. The van der Waals surface area contributed by atoms with Gasteiger partial charge in [0.1, 0.15) is 23.3 Å². The first-order valence-corrected chi connectivity index (χ1v) is 13.7. The zero-order valence-electron chi connectivity index (χ0n) is 22.4. The van der Waals surface area contributed by atoms with Gasteiger partial charge in [0.25, 0.3) is 0 Å². The lowest BCUT2D eigenvalue weighted by molar-refractivity contribution is -0.122. The first-order chi connectivity index (χ1) is 20.6. The third-order valence-electron chi connectivity index (χ3n) is 8.62. The Kier molecular flexibility index (Phi) is 5.98. The van der Waals surface area contributed by atoms with Crippen LogP contribution < -0.4 is 10.1 Å². The zero-order chi connectivity index (χ0) is 28.8. The van der Waals surface area contributed by atoms with Crippen LogP contribution in [0.1, 0.15) is 43.4 Å². The van der Waals surface area contributed by atoms with E-state index in [9.17, 15) is 14.4 Å². The van der Waals surface area contributed by atoms with Crippen molar-refractivity contribution < 1.29 is 19.1 Å². The fourth-order valence-electron chi connectivity index (χ4n) is 7.02. The highest BCUT2D eigenvalue weighted by Gasteiger charge is 2.70. The number of carbonyl (C=O) groups is 3. The topological polar surface area (TPSA) is 99.5 Å². The number of carbonyl (C=O) groups excluding carboxylic acids is 3. The summed E-state index contributed by atoms with van der Waals surface area (Å²) in [6.45, 7) is -0.235. The van der Waals surface area contributed by atoms with E-state index in [1.54, 1.807) is 48.5 Å². The summed E-state index contributed by atoms with van der Waals surface area (Å²) in [5, 5.41) is 12.2. The highest BCUT2D eigenvalue weighted by atomic mass is 16.5. The van der Waals surface area contributed by atoms with Crippen molar-refractivity contribution in [3.05, 3.63) is 137 Å². The van der Waals surface area contributed by atoms with Crippen LogP contribution in [0.3, 0.4) is 0 Å². The van der Waals surface area contributed by atoms with Crippen molar-refractivity contribution in [3.8, 4) is 11.8 Å². The van der Waals surface area contributed by atoms with E-state index in [0.29, 0.717) is 16.8 Å². The molecule has 0 radical (unpaired) electrons. The molecule has 42 heavy (non-hydrogen) atoms. The van der Waals surface area contributed by atoms with Crippen molar-refractivity contribution in [2.24, 2.45) is 5.92 Å². The number of ether oxygens (including phenoxy) is 1. The minimum atomic E-state index is -1.41. The Bertz CT molecular complexity index is 1830. The van der Waals surface area contributed by atoms with Gasteiger partial charge in [0.05, 0.1) is 17.5 Å². The minimum Gasteiger partial charge on any atom is -0.478 e. The van der Waals surface area contributed by atoms with E-state index >= 15 is 0 Å². The number of rotatable bonds is 6. The molecule has 1 amide bonds. The summed E-state index contributed by atoms with van der Waals surface area (Å²) in [6, 6.07) is 31.0. The van der Waals surface area contributed by atoms with Crippen LogP contribution in [0.2, 0.25) is 0 Å². The molecule has 7 nitrogen and oxygen atoms in total. The lowest BCUT2D eigenvalue weighted by atomic mass is 9.62. The van der Waals surface area contributed by atoms with Gasteiger partial charge in [0.2, 0.25) is 5.91 Å². The maximum Gasteiger partial charge on any atom is 0.238 e. The lowest BCUT2D eigenvalue weighted by Crippen LogP contribution is -2.49. The number of nitrogens with one attached hydrogen (secondary N) is 1. The first-order valence-electron chi connectivity index (χ1n) is 13.7. The molecule has 1 saturated heterocycles. The van der Waals surface area contributed by atoms with Gasteiger partial charge in [0.15, 0.2) is 18.2 Å². The second-order valence-corrected chi connectivity index (χ2v) is 10.6. The van der Waals surface area contributed by atoms with E-state index in [-0.39, 0.29) is 35.4 Å². The standard InChI is InChI=1S/C35H25N3O4/c36-19-21-42-28-17-9-6-14-25(28)32(40)30-29(31(39)23-11-2-1-3-12-23)35(26-15-7-8-16-27(26)37-34(35)41)33-24-13-5-4-10-22(24)18-20-38(30)33/h1-18,20,29-30,33H,21H2,(H,37,41)/t29-,30+,33-,35+/m1/s1. The first kappa shape index (κ1) is 25.5. The smallest absolute Gasteiger partial charge is 0.238 e. The molecule has 4 atom stereocenters. The average Bonchev–Trinajstić information content (AvgIpc) is 3.52. The molecule has 4 aromatic rings. The number of nitriles is 1. The van der Waals surface area contributed by atoms with Crippen LogP contribution in [0.15, 0.2) is 109 Å². The van der Waals surface area contributed by atoms with Crippen molar-refractivity contribution in [2.75, 3.05) is 11.9 Å². The van der Waals surface area contributed by atoms with Crippen LogP contribution in [0.25, 0.3) is 6.08 Å². The third-order valence-corrected chi connectivity index (χ3v) is 8.62. The quantitative estimate of drug-likeness (QED) is 0.315. The van der Waals surface area contributed by atoms with Gasteiger partial charge in [-0.3, -0.25) is 14.4 Å². The molecule has 0 saturated carbocycles. The molecule has 1 N–H and O–H groups in total. The summed E-state index contributed by atoms with van der Waals surface area (Å²) < 4.78 is 5.65. The Hall–Kier alpha value is -5.48. The number of Topliss-reactive ketones (excluding diaryl/α,β-unsaturated/α-hetero) is 2. The lowest BCUT2D eigenvalue weighted by Gasteiger charge is -2.38. The molecule has 1 fully saturated rings. The molecule has 0 aromatic heterocycles. The van der Waals surface area contributed by atoms with E-state index in [1.165, 1.54) is 0 Å². The van der Waals surface area contributed by atoms with Gasteiger partial charge >= 0.3 is 0 Å². The minimum absolute atomic E-state index is 0.235. The van der Waals surface area contributed by atoms with Crippen molar-refractivity contribution in [3.63, 3.8) is 0 Å². The number of hydrogen-bond donors (Lipinski definition) is 1. The van der Waals surface area contributed by atoms with Gasteiger partial charge < -0.3 is 15.0 Å². The summed E-state index contributed by atoms with van der Waals surface area (Å²) in [4.78, 5) is 45.9. The largest absolute Gasteiger partial charge is 0.478 e. The molecule has 204 valence electrons. The highest BCUT2D eigenvalue weighted by Crippen LogP contribution is 2.62. The van der Waals surface area contributed by atoms with E-state index in [4.69, 9.17) is 10.00 Å². The van der Waals surface area contributed by atoms with Crippen LogP contribution in [0, 0.1) is 17.2 Å². The SMILES string of the molecule is N#CCOc1ccccc1C(=O)[C@@H]1[C@H](C(=O)c2ccccc2)[C@]2(C(=O)Nc3ccccc32)[C@H]2c3ccccc3C=CN12. The number of anilines is 1. The Balaban J connectivity index is 1.52. The van der Waals surface area contributed by atoms with Gasteiger partial charge in [-0.2, -0.15) is 5.26 Å². The summed E-state index contributed by atoms with van der Waals surface area (Å²) in [6.07, 6.45) is 3.76. The van der Waals surface area contributed by atoms with E-state index in [2.05, 4.69) is 5.32 Å². The van der Waals surface area contributed by atoms with E-state index < -0.39 is 23.4 Å². The van der Waals surface area contributed by atoms with Crippen LogP contribution >= 0.6 is 0 Å². The molecule has 3 aliphatic rings. The van der Waals surface area contributed by atoms with Crippen molar-refractivity contribution in [1.29, 1.82) is 5.26 Å². The molecule has 1 spiro atoms. The van der Waals surface area contributed by atoms with Crippen molar-refractivity contribution in [2.45, 2.75) is 17.5 Å². The Morgan fingerprint density at radius 3 is 2.43 bits per heavy atom. The molecular weight excluding hydrogens is 526 g/mol. The fraction of sp³-hybridized carbons (Fsp3) is 0.143. The number of amides is 1. The molecule has 7 heteroatoms. The van der Waals surface area contributed by atoms with Gasteiger partial charge in [-0.15, -0.1) is 0 Å². The molecule has 7 rings (SSSR count). The third kappa shape index (κ3) is 3.55. The second-order valence-electron chi connectivity index (χ2n) is 10.6. The monoisotopic (exact) mass is 551 g/mol. The maximum atomic E-state index is 14.8. The molecule has 3 heterocycles. The molecule has 3 aliphatic heterocycles. The predicted molar refractivity (Wildman–Crippen MR) is 157 cm³/mol. The van der Waals surface area contributed by atoms with Gasteiger partial charge in [-0.05, 0) is 41.0 Å². The Morgan fingerprint density at radius 2 is 1.60 bits per heavy atom. The summed E-state index contributed by atoms with van der Waals surface area (Å²) >= 11 is 0.